The topological polar surface area (TPSA) is 74.6 Å². The fraction of sp³-hybridized carbons (Fsp3) is 0.474. The van der Waals surface area contributed by atoms with E-state index in [9.17, 15) is 4.79 Å². The summed E-state index contributed by atoms with van der Waals surface area (Å²) in [6.45, 7) is 4.85. The van der Waals surface area contributed by atoms with Crippen LogP contribution in [0.15, 0.2) is 12.1 Å². The number of carbonyl (C=O) groups excluding carboxylic acids is 1. The van der Waals surface area contributed by atoms with E-state index in [1.165, 1.54) is 0 Å². The third-order valence-electron chi connectivity index (χ3n) is 4.19. The molecule has 1 amide bonds. The first-order chi connectivity index (χ1) is 13.0. The minimum Gasteiger partial charge on any atom is -0.493 e. The van der Waals surface area contributed by atoms with Crippen molar-refractivity contribution in [3.8, 4) is 17.2 Å². The van der Waals surface area contributed by atoms with Crippen LogP contribution in [0, 0.1) is 6.92 Å². The number of hydrogen-bond acceptors (Lipinski definition) is 5. The highest BCUT2D eigenvalue weighted by Gasteiger charge is 2.20. The van der Waals surface area contributed by atoms with E-state index in [0.717, 1.165) is 18.4 Å². The molecule has 0 bridgehead atoms. The Morgan fingerprint density at radius 2 is 1.81 bits per heavy atom. The molecular formula is C19H26ClN3O4. The van der Waals surface area contributed by atoms with E-state index in [1.54, 1.807) is 45.1 Å². The number of rotatable bonds is 9. The van der Waals surface area contributed by atoms with Crippen LogP contribution < -0.4 is 19.5 Å². The number of nitrogens with one attached hydrogen (secondary N) is 1. The Kier molecular flexibility index (Phi) is 7.36. The molecule has 0 aliphatic carbocycles. The number of methoxy groups -OCH3 is 3. The number of benzene rings is 1. The van der Waals surface area contributed by atoms with Crippen LogP contribution in [0.3, 0.4) is 0 Å². The first-order valence-corrected chi connectivity index (χ1v) is 9.14. The van der Waals surface area contributed by atoms with Gasteiger partial charge in [0.2, 0.25) is 5.75 Å². The smallest absolute Gasteiger partial charge is 0.256 e. The fourth-order valence-corrected chi connectivity index (χ4v) is 3.12. The summed E-state index contributed by atoms with van der Waals surface area (Å²) in [7, 11) is 4.64. The van der Waals surface area contributed by atoms with Crippen LogP contribution in [0.4, 0.5) is 0 Å². The van der Waals surface area contributed by atoms with E-state index in [1.807, 2.05) is 0 Å². The SMILES string of the molecule is CCCCn1nc(C)c(C(=O)NCc2cc(OC)c(OC)c(OC)c2)c1Cl. The van der Waals surface area contributed by atoms with Gasteiger partial charge >= 0.3 is 0 Å². The van der Waals surface area contributed by atoms with Gasteiger partial charge in [0.1, 0.15) is 5.15 Å². The summed E-state index contributed by atoms with van der Waals surface area (Å²) in [5.41, 5.74) is 1.82. The van der Waals surface area contributed by atoms with Crippen LogP contribution in [0.5, 0.6) is 17.2 Å². The van der Waals surface area contributed by atoms with Crippen LogP contribution in [-0.2, 0) is 13.1 Å². The van der Waals surface area contributed by atoms with Gasteiger partial charge in [-0.3, -0.25) is 9.48 Å². The predicted octanol–water partition coefficient (Wildman–Crippen LogP) is 3.60. The van der Waals surface area contributed by atoms with Gasteiger partial charge in [-0.2, -0.15) is 5.10 Å². The van der Waals surface area contributed by atoms with Crippen LogP contribution in [0.1, 0.15) is 41.4 Å². The van der Waals surface area contributed by atoms with Gasteiger partial charge in [0.15, 0.2) is 11.5 Å². The third-order valence-corrected chi connectivity index (χ3v) is 4.58. The zero-order chi connectivity index (χ0) is 20.0. The molecule has 27 heavy (non-hydrogen) atoms. The molecular weight excluding hydrogens is 370 g/mol. The molecule has 1 heterocycles. The summed E-state index contributed by atoms with van der Waals surface area (Å²) in [4.78, 5) is 12.6. The Morgan fingerprint density at radius 3 is 2.33 bits per heavy atom. The molecule has 0 aliphatic heterocycles. The molecule has 0 fully saturated rings. The Morgan fingerprint density at radius 1 is 1.19 bits per heavy atom. The van der Waals surface area contributed by atoms with Crippen molar-refractivity contribution >= 4 is 17.5 Å². The molecule has 7 nitrogen and oxygen atoms in total. The van der Waals surface area contributed by atoms with Crippen LogP contribution in [0.25, 0.3) is 0 Å². The van der Waals surface area contributed by atoms with Gasteiger partial charge in [-0.25, -0.2) is 0 Å². The van der Waals surface area contributed by atoms with E-state index in [0.29, 0.717) is 40.2 Å². The van der Waals surface area contributed by atoms with Gasteiger partial charge in [-0.05, 0) is 31.0 Å². The summed E-state index contributed by atoms with van der Waals surface area (Å²) in [6, 6.07) is 3.58. The summed E-state index contributed by atoms with van der Waals surface area (Å²) in [5.74, 6) is 1.30. The second-order valence-electron chi connectivity index (χ2n) is 6.04. The molecule has 2 rings (SSSR count). The standard InChI is InChI=1S/C19H26ClN3O4/c1-6-7-8-23-18(20)16(12(2)22-23)19(24)21-11-13-9-14(25-3)17(27-5)15(10-13)26-4/h9-10H,6-8,11H2,1-5H3,(H,21,24). The molecule has 1 N–H and O–H groups in total. The highest BCUT2D eigenvalue weighted by molar-refractivity contribution is 6.33. The molecule has 0 saturated heterocycles. The van der Waals surface area contributed by atoms with Crippen molar-refractivity contribution in [3.63, 3.8) is 0 Å². The lowest BCUT2D eigenvalue weighted by atomic mass is 10.1. The number of carbonyl (C=O) groups is 1. The van der Waals surface area contributed by atoms with Gasteiger partial charge in [0, 0.05) is 13.1 Å². The van der Waals surface area contributed by atoms with Crippen molar-refractivity contribution in [1.29, 1.82) is 0 Å². The number of aromatic nitrogens is 2. The van der Waals surface area contributed by atoms with E-state index >= 15 is 0 Å². The summed E-state index contributed by atoms with van der Waals surface area (Å²) in [6.07, 6.45) is 1.98. The molecule has 0 spiro atoms. The summed E-state index contributed by atoms with van der Waals surface area (Å²) in [5, 5.41) is 7.61. The second-order valence-corrected chi connectivity index (χ2v) is 6.40. The highest BCUT2D eigenvalue weighted by Crippen LogP contribution is 2.38. The molecule has 0 radical (unpaired) electrons. The number of halogens is 1. The zero-order valence-electron chi connectivity index (χ0n) is 16.4. The predicted molar refractivity (Wildman–Crippen MR) is 104 cm³/mol. The third kappa shape index (κ3) is 4.66. The van der Waals surface area contributed by atoms with Gasteiger partial charge in [0.25, 0.3) is 5.91 Å². The minimum absolute atomic E-state index is 0.269. The maximum Gasteiger partial charge on any atom is 0.256 e. The monoisotopic (exact) mass is 395 g/mol. The maximum absolute atomic E-state index is 12.6. The average molecular weight is 396 g/mol. The van der Waals surface area contributed by atoms with Crippen molar-refractivity contribution in [2.24, 2.45) is 0 Å². The van der Waals surface area contributed by atoms with Crippen molar-refractivity contribution in [2.45, 2.75) is 39.8 Å². The van der Waals surface area contributed by atoms with Crippen LogP contribution in [-0.4, -0.2) is 37.0 Å². The van der Waals surface area contributed by atoms with Crippen molar-refractivity contribution in [3.05, 3.63) is 34.1 Å². The Labute approximate surface area is 164 Å². The Hall–Kier alpha value is -2.41. The second kappa shape index (κ2) is 9.50. The van der Waals surface area contributed by atoms with Gasteiger partial charge in [-0.1, -0.05) is 24.9 Å². The lowest BCUT2D eigenvalue weighted by Gasteiger charge is -2.14. The Balaban J connectivity index is 2.17. The minimum atomic E-state index is -0.269. The van der Waals surface area contributed by atoms with Gasteiger partial charge < -0.3 is 19.5 Å². The van der Waals surface area contributed by atoms with E-state index < -0.39 is 0 Å². The molecule has 0 atom stereocenters. The molecule has 8 heteroatoms. The van der Waals surface area contributed by atoms with Gasteiger partial charge in [-0.15, -0.1) is 0 Å². The fourth-order valence-electron chi connectivity index (χ4n) is 2.78. The first-order valence-electron chi connectivity index (χ1n) is 8.76. The molecule has 0 unspecified atom stereocenters. The molecule has 148 valence electrons. The number of aryl methyl sites for hydroxylation is 2. The van der Waals surface area contributed by atoms with E-state index in [4.69, 9.17) is 25.8 Å². The number of ether oxygens (including phenoxy) is 3. The molecule has 0 aliphatic rings. The summed E-state index contributed by atoms with van der Waals surface area (Å²) >= 11 is 6.36. The molecule has 2 aromatic rings. The van der Waals surface area contributed by atoms with Crippen LogP contribution >= 0.6 is 11.6 Å². The maximum atomic E-state index is 12.6. The van der Waals surface area contributed by atoms with Crippen molar-refractivity contribution < 1.29 is 19.0 Å². The highest BCUT2D eigenvalue weighted by atomic mass is 35.5. The largest absolute Gasteiger partial charge is 0.493 e. The lowest BCUT2D eigenvalue weighted by Crippen LogP contribution is -2.23. The van der Waals surface area contributed by atoms with Crippen LogP contribution in [0.2, 0.25) is 5.15 Å². The van der Waals surface area contributed by atoms with E-state index in [2.05, 4.69) is 17.3 Å². The lowest BCUT2D eigenvalue weighted by molar-refractivity contribution is 0.0950. The van der Waals surface area contributed by atoms with Crippen molar-refractivity contribution in [1.82, 2.24) is 15.1 Å². The number of hydrogen-bond donors (Lipinski definition) is 1. The van der Waals surface area contributed by atoms with Gasteiger partial charge in [0.05, 0.1) is 32.6 Å². The van der Waals surface area contributed by atoms with E-state index in [-0.39, 0.29) is 12.5 Å². The first kappa shape index (κ1) is 20.9. The number of unbranched alkanes of at least 4 members (excludes halogenated alkanes) is 1. The van der Waals surface area contributed by atoms with Crippen molar-refractivity contribution in [2.75, 3.05) is 21.3 Å². The molecule has 1 aromatic heterocycles. The normalized spacial score (nSPS) is 10.6. The molecule has 1 aromatic carbocycles. The Bertz CT molecular complexity index is 779. The summed E-state index contributed by atoms with van der Waals surface area (Å²) < 4.78 is 17.7. The quantitative estimate of drug-likeness (QED) is 0.702. The average Bonchev–Trinajstić information content (AvgIpc) is 2.96. The molecule has 0 saturated carbocycles. The zero-order valence-corrected chi connectivity index (χ0v) is 17.1. The number of nitrogens with zero attached hydrogens (tertiary/aromatic N) is 2. The number of amides is 1.